The maximum absolute atomic E-state index is 11.7. The molecule has 2 heterocycles. The molecule has 136 valence electrons. The Morgan fingerprint density at radius 1 is 1.07 bits per heavy atom. The van der Waals surface area contributed by atoms with Crippen molar-refractivity contribution >= 4 is 31.6 Å². The zero-order valence-corrected chi connectivity index (χ0v) is 15.8. The van der Waals surface area contributed by atoms with Crippen molar-refractivity contribution in [1.82, 2.24) is 15.2 Å². The summed E-state index contributed by atoms with van der Waals surface area (Å²) in [4.78, 5) is 4.84. The molecule has 0 radical (unpaired) electrons. The van der Waals surface area contributed by atoms with E-state index in [0.29, 0.717) is 5.92 Å². The molecule has 0 spiro atoms. The number of sulfone groups is 1. The number of rotatable bonds is 4. The van der Waals surface area contributed by atoms with Crippen LogP contribution in [0.1, 0.15) is 29.9 Å². The molecule has 27 heavy (non-hydrogen) atoms. The SMILES string of the molecule is CS(=O)(=O)Cc1ccc2nc(-c3n[nH]c4ccccc34)cc(C3CC3)c2c1. The number of pyridine rings is 1. The van der Waals surface area contributed by atoms with E-state index < -0.39 is 9.84 Å². The van der Waals surface area contributed by atoms with Crippen molar-refractivity contribution in [2.24, 2.45) is 0 Å². The molecule has 0 amide bonds. The lowest BCUT2D eigenvalue weighted by Crippen LogP contribution is -2.01. The average Bonchev–Trinajstić information content (AvgIpc) is 3.38. The molecule has 0 unspecified atom stereocenters. The average molecular weight is 377 g/mol. The molecule has 0 saturated heterocycles. The number of aromatic nitrogens is 3. The summed E-state index contributed by atoms with van der Waals surface area (Å²) in [7, 11) is -3.07. The van der Waals surface area contributed by atoms with Crippen LogP contribution in [0.25, 0.3) is 33.2 Å². The van der Waals surface area contributed by atoms with Gasteiger partial charge in [0.2, 0.25) is 0 Å². The lowest BCUT2D eigenvalue weighted by atomic mass is 10.0. The highest BCUT2D eigenvalue weighted by Crippen LogP contribution is 2.44. The van der Waals surface area contributed by atoms with Crippen molar-refractivity contribution in [2.45, 2.75) is 24.5 Å². The van der Waals surface area contributed by atoms with Crippen molar-refractivity contribution in [3.63, 3.8) is 0 Å². The highest BCUT2D eigenvalue weighted by Gasteiger charge is 2.27. The largest absolute Gasteiger partial charge is 0.277 e. The summed E-state index contributed by atoms with van der Waals surface area (Å²) in [5.74, 6) is 0.576. The van der Waals surface area contributed by atoms with Crippen LogP contribution in [0.2, 0.25) is 0 Å². The van der Waals surface area contributed by atoms with Gasteiger partial charge in [0.05, 0.1) is 22.5 Å². The Balaban J connectivity index is 1.70. The van der Waals surface area contributed by atoms with Gasteiger partial charge in [0.1, 0.15) is 5.69 Å². The lowest BCUT2D eigenvalue weighted by molar-refractivity contribution is 0.601. The van der Waals surface area contributed by atoms with E-state index in [0.717, 1.165) is 51.6 Å². The Labute approximate surface area is 157 Å². The van der Waals surface area contributed by atoms with Crippen LogP contribution >= 0.6 is 0 Å². The second kappa shape index (κ2) is 5.89. The first-order valence-electron chi connectivity index (χ1n) is 9.03. The number of para-hydroxylation sites is 1. The van der Waals surface area contributed by atoms with Gasteiger partial charge in [-0.1, -0.05) is 24.3 Å². The van der Waals surface area contributed by atoms with Crippen LogP contribution < -0.4 is 0 Å². The highest BCUT2D eigenvalue weighted by atomic mass is 32.2. The maximum Gasteiger partial charge on any atom is 0.151 e. The Morgan fingerprint density at radius 3 is 2.67 bits per heavy atom. The molecular formula is C21H19N3O2S. The quantitative estimate of drug-likeness (QED) is 0.578. The van der Waals surface area contributed by atoms with Crippen LogP contribution in [0.4, 0.5) is 0 Å². The summed E-state index contributed by atoms with van der Waals surface area (Å²) in [5.41, 5.74) is 5.65. The minimum absolute atomic E-state index is 0.0544. The van der Waals surface area contributed by atoms with E-state index >= 15 is 0 Å². The third-order valence-electron chi connectivity index (χ3n) is 5.06. The van der Waals surface area contributed by atoms with Crippen LogP contribution in [0.15, 0.2) is 48.5 Å². The van der Waals surface area contributed by atoms with Crippen LogP contribution in [-0.2, 0) is 15.6 Å². The van der Waals surface area contributed by atoms with Crippen molar-refractivity contribution in [3.8, 4) is 11.4 Å². The topological polar surface area (TPSA) is 75.7 Å². The molecule has 0 bridgehead atoms. The second-order valence-corrected chi connectivity index (χ2v) is 9.55. The zero-order chi connectivity index (χ0) is 18.6. The summed E-state index contributed by atoms with van der Waals surface area (Å²) in [6.45, 7) is 0. The van der Waals surface area contributed by atoms with Gasteiger partial charge in [0.25, 0.3) is 0 Å². The first-order valence-corrected chi connectivity index (χ1v) is 11.1. The first-order chi connectivity index (χ1) is 13.0. The molecular weight excluding hydrogens is 358 g/mol. The molecule has 5 nitrogen and oxygen atoms in total. The summed E-state index contributed by atoms with van der Waals surface area (Å²) in [6.07, 6.45) is 3.59. The van der Waals surface area contributed by atoms with Crippen LogP contribution in [-0.4, -0.2) is 29.9 Å². The Kier molecular flexibility index (Phi) is 3.59. The molecule has 1 saturated carbocycles. The fourth-order valence-electron chi connectivity index (χ4n) is 3.70. The second-order valence-electron chi connectivity index (χ2n) is 7.41. The number of H-pyrrole nitrogens is 1. The van der Waals surface area contributed by atoms with E-state index in [1.807, 2.05) is 42.5 Å². The molecule has 4 aromatic rings. The molecule has 0 atom stereocenters. The number of nitrogens with one attached hydrogen (secondary N) is 1. The van der Waals surface area contributed by atoms with Crippen LogP contribution in [0.5, 0.6) is 0 Å². The molecule has 5 rings (SSSR count). The minimum Gasteiger partial charge on any atom is -0.277 e. The third kappa shape index (κ3) is 3.10. The van der Waals surface area contributed by atoms with Gasteiger partial charge >= 0.3 is 0 Å². The Hall–Kier alpha value is -2.73. The number of aromatic amines is 1. The van der Waals surface area contributed by atoms with E-state index in [9.17, 15) is 8.42 Å². The first kappa shape index (κ1) is 16.4. The van der Waals surface area contributed by atoms with Gasteiger partial charge in [-0.05, 0) is 54.2 Å². The van der Waals surface area contributed by atoms with E-state index in [-0.39, 0.29) is 5.75 Å². The predicted molar refractivity (Wildman–Crippen MR) is 107 cm³/mol. The van der Waals surface area contributed by atoms with Crippen molar-refractivity contribution in [3.05, 3.63) is 59.7 Å². The monoisotopic (exact) mass is 377 g/mol. The Bertz CT molecular complexity index is 1290. The normalized spacial score (nSPS) is 14.9. The van der Waals surface area contributed by atoms with Crippen molar-refractivity contribution in [1.29, 1.82) is 0 Å². The number of hydrogen-bond donors (Lipinski definition) is 1. The maximum atomic E-state index is 11.7. The lowest BCUT2D eigenvalue weighted by Gasteiger charge is -2.10. The summed E-state index contributed by atoms with van der Waals surface area (Å²) in [5, 5.41) is 9.68. The van der Waals surface area contributed by atoms with Crippen molar-refractivity contribution in [2.75, 3.05) is 6.26 Å². The van der Waals surface area contributed by atoms with Crippen molar-refractivity contribution < 1.29 is 8.42 Å². The van der Waals surface area contributed by atoms with Gasteiger partial charge < -0.3 is 0 Å². The van der Waals surface area contributed by atoms with E-state index in [2.05, 4.69) is 16.3 Å². The minimum atomic E-state index is -3.07. The molecule has 1 aliphatic rings. The molecule has 1 fully saturated rings. The number of nitrogens with zero attached hydrogens (tertiary/aromatic N) is 2. The number of hydrogen-bond acceptors (Lipinski definition) is 4. The van der Waals surface area contributed by atoms with Gasteiger partial charge in [-0.25, -0.2) is 13.4 Å². The van der Waals surface area contributed by atoms with Crippen LogP contribution in [0.3, 0.4) is 0 Å². The summed E-state index contributed by atoms with van der Waals surface area (Å²) < 4.78 is 23.3. The summed E-state index contributed by atoms with van der Waals surface area (Å²) >= 11 is 0. The molecule has 1 N–H and O–H groups in total. The summed E-state index contributed by atoms with van der Waals surface area (Å²) in [6, 6.07) is 16.0. The van der Waals surface area contributed by atoms with Gasteiger partial charge in [-0.3, -0.25) is 5.10 Å². The molecule has 2 aromatic carbocycles. The van der Waals surface area contributed by atoms with Crippen LogP contribution in [0, 0.1) is 0 Å². The Morgan fingerprint density at radius 2 is 1.89 bits per heavy atom. The zero-order valence-electron chi connectivity index (χ0n) is 14.9. The van der Waals surface area contributed by atoms with Gasteiger partial charge in [-0.15, -0.1) is 0 Å². The predicted octanol–water partition coefficient (Wildman–Crippen LogP) is 4.20. The fourth-order valence-corrected chi connectivity index (χ4v) is 4.49. The molecule has 1 aliphatic carbocycles. The molecule has 6 heteroatoms. The fraction of sp³-hybridized carbons (Fsp3) is 0.238. The smallest absolute Gasteiger partial charge is 0.151 e. The number of fused-ring (bicyclic) bond motifs is 2. The van der Waals surface area contributed by atoms with E-state index in [1.165, 1.54) is 11.8 Å². The molecule has 2 aromatic heterocycles. The van der Waals surface area contributed by atoms with Gasteiger partial charge in [0, 0.05) is 17.0 Å². The number of benzene rings is 2. The third-order valence-corrected chi connectivity index (χ3v) is 5.92. The standard InChI is InChI=1S/C21H19N3O2S/c1-27(25,26)12-13-6-9-18-17(10-13)16(14-7-8-14)11-20(22-18)21-15-4-2-3-5-19(15)23-24-21/h2-6,9-11,14H,7-8,12H2,1H3,(H,23,24). The van der Waals surface area contributed by atoms with Gasteiger partial charge in [0.15, 0.2) is 9.84 Å². The van der Waals surface area contributed by atoms with Gasteiger partial charge in [-0.2, -0.15) is 5.10 Å². The highest BCUT2D eigenvalue weighted by molar-refractivity contribution is 7.89. The van der Waals surface area contributed by atoms with E-state index in [4.69, 9.17) is 4.98 Å². The van der Waals surface area contributed by atoms with E-state index in [1.54, 1.807) is 0 Å². The molecule has 0 aliphatic heterocycles.